The summed E-state index contributed by atoms with van der Waals surface area (Å²) in [6.45, 7) is 1.46. The molecule has 1 fully saturated rings. The van der Waals surface area contributed by atoms with Gasteiger partial charge >= 0.3 is 0 Å². The number of piperidine rings is 1. The van der Waals surface area contributed by atoms with Gasteiger partial charge in [0.2, 0.25) is 5.91 Å². The summed E-state index contributed by atoms with van der Waals surface area (Å²) in [4.78, 5) is 24.1. The summed E-state index contributed by atoms with van der Waals surface area (Å²) < 4.78 is 5.19. The molecular weight excluding hydrogens is 220 g/mol. The zero-order chi connectivity index (χ0) is 12.7. The molecule has 5 heteroatoms. The lowest BCUT2D eigenvalue weighted by Gasteiger charge is -2.35. The Kier molecular flexibility index (Phi) is 5.19. The zero-order valence-corrected chi connectivity index (χ0v) is 9.68. The highest BCUT2D eigenvalue weighted by Crippen LogP contribution is 2.20. The Morgan fingerprint density at radius 1 is 1.71 bits per heavy atom. The van der Waals surface area contributed by atoms with Crippen LogP contribution in [0, 0.1) is 23.2 Å². The van der Waals surface area contributed by atoms with Gasteiger partial charge in [-0.1, -0.05) is 0 Å². The number of likely N-dealkylation sites (tertiary alicyclic amines) is 1. The van der Waals surface area contributed by atoms with E-state index in [2.05, 4.69) is 11.8 Å². The Hall–Kier alpha value is -1.85. The Bertz CT molecular complexity index is 389. The fourth-order valence-corrected chi connectivity index (χ4v) is 1.79. The lowest BCUT2D eigenvalue weighted by molar-refractivity contribution is -0.151. The molecule has 1 heterocycles. The second kappa shape index (κ2) is 6.67. The number of nitriles is 1. The smallest absolute Gasteiger partial charge is 0.225 e. The average molecular weight is 234 g/mol. The summed E-state index contributed by atoms with van der Waals surface area (Å²) in [5, 5.41) is 8.47. The van der Waals surface area contributed by atoms with Crippen LogP contribution in [0.1, 0.15) is 26.2 Å². The number of carbonyl (C=O) groups is 2. The van der Waals surface area contributed by atoms with Crippen molar-refractivity contribution in [1.29, 1.82) is 5.26 Å². The lowest BCUT2D eigenvalue weighted by atomic mass is 10.0. The molecule has 1 aliphatic rings. The first kappa shape index (κ1) is 13.2. The van der Waals surface area contributed by atoms with Gasteiger partial charge in [-0.15, -0.1) is 5.92 Å². The van der Waals surface area contributed by atoms with Crippen molar-refractivity contribution >= 4 is 12.2 Å². The molecule has 0 radical (unpaired) electrons. The molecule has 0 aliphatic carbocycles. The van der Waals surface area contributed by atoms with Crippen LogP contribution in [0.5, 0.6) is 0 Å². The van der Waals surface area contributed by atoms with Crippen molar-refractivity contribution in [3.05, 3.63) is 0 Å². The van der Waals surface area contributed by atoms with Gasteiger partial charge in [-0.3, -0.25) is 9.69 Å². The summed E-state index contributed by atoms with van der Waals surface area (Å²) >= 11 is 0. The molecule has 0 spiro atoms. The van der Waals surface area contributed by atoms with E-state index in [4.69, 9.17) is 10.00 Å². The van der Waals surface area contributed by atoms with Crippen molar-refractivity contribution in [2.45, 2.75) is 38.5 Å². The Balaban J connectivity index is 2.86. The van der Waals surface area contributed by atoms with Gasteiger partial charge in [0, 0.05) is 6.42 Å². The molecule has 17 heavy (non-hydrogen) atoms. The maximum Gasteiger partial charge on any atom is 0.225 e. The van der Waals surface area contributed by atoms with E-state index in [1.54, 1.807) is 6.92 Å². The number of rotatable bonds is 4. The topological polar surface area (TPSA) is 70.4 Å². The van der Waals surface area contributed by atoms with E-state index < -0.39 is 12.3 Å². The lowest BCUT2D eigenvalue weighted by Crippen LogP contribution is -2.51. The van der Waals surface area contributed by atoms with Crippen molar-refractivity contribution < 1.29 is 14.3 Å². The van der Waals surface area contributed by atoms with E-state index in [9.17, 15) is 9.59 Å². The number of ether oxygens (including phenoxy) is 1. The van der Waals surface area contributed by atoms with Crippen LogP contribution < -0.4 is 0 Å². The van der Waals surface area contributed by atoms with Crippen LogP contribution in [-0.4, -0.2) is 36.0 Å². The second-order valence-electron chi connectivity index (χ2n) is 3.61. The molecule has 1 saturated heterocycles. The molecule has 1 rings (SSSR count). The average Bonchev–Trinajstić information content (AvgIpc) is 2.34. The maximum absolute atomic E-state index is 11.8. The van der Waals surface area contributed by atoms with Crippen molar-refractivity contribution in [2.24, 2.45) is 0 Å². The van der Waals surface area contributed by atoms with Crippen LogP contribution in [0.3, 0.4) is 0 Å². The van der Waals surface area contributed by atoms with Gasteiger partial charge in [-0.05, 0) is 25.7 Å². The van der Waals surface area contributed by atoms with Gasteiger partial charge in [0.25, 0.3) is 0 Å². The van der Waals surface area contributed by atoms with Crippen LogP contribution in [0.4, 0.5) is 0 Å². The number of hydrogen-bond donors (Lipinski definition) is 0. The number of aldehydes is 1. The van der Waals surface area contributed by atoms with Crippen LogP contribution in [0.25, 0.3) is 0 Å². The summed E-state index contributed by atoms with van der Waals surface area (Å²) in [5.41, 5.74) is 0. The summed E-state index contributed by atoms with van der Waals surface area (Å²) in [7, 11) is 0. The molecule has 1 amide bonds. The Labute approximate surface area is 100 Å². The van der Waals surface area contributed by atoms with Crippen LogP contribution in [-0.2, 0) is 14.3 Å². The van der Waals surface area contributed by atoms with E-state index >= 15 is 0 Å². The molecule has 2 atom stereocenters. The Morgan fingerprint density at radius 3 is 3.06 bits per heavy atom. The number of amides is 1. The molecule has 0 aromatic carbocycles. The molecule has 1 aliphatic heterocycles. The third-order valence-corrected chi connectivity index (χ3v) is 2.52. The van der Waals surface area contributed by atoms with E-state index in [0.29, 0.717) is 19.3 Å². The summed E-state index contributed by atoms with van der Waals surface area (Å²) in [6, 6.07) is 1.33. The van der Waals surface area contributed by atoms with Crippen LogP contribution >= 0.6 is 0 Å². The maximum atomic E-state index is 11.8. The van der Waals surface area contributed by atoms with Crippen molar-refractivity contribution in [3.8, 4) is 17.9 Å². The van der Waals surface area contributed by atoms with Crippen LogP contribution in [0.2, 0.25) is 0 Å². The molecule has 0 N–H and O–H groups in total. The predicted molar refractivity (Wildman–Crippen MR) is 59.4 cm³/mol. The number of nitrogens with zero attached hydrogens (tertiary/aromatic N) is 2. The standard InChI is InChI=1S/C12H14N2O3/c1-2-4-12(17-8-7-13)14-10(9-15)5-3-6-11(14)16/h9-10,12H,3,5-6,8H2,1H3. The largest absolute Gasteiger partial charge is 0.332 e. The van der Waals surface area contributed by atoms with E-state index in [-0.39, 0.29) is 12.5 Å². The van der Waals surface area contributed by atoms with Crippen molar-refractivity contribution in [1.82, 2.24) is 4.90 Å². The second-order valence-corrected chi connectivity index (χ2v) is 3.61. The monoisotopic (exact) mass is 234 g/mol. The molecule has 2 unspecified atom stereocenters. The van der Waals surface area contributed by atoms with Gasteiger partial charge < -0.3 is 9.53 Å². The molecule has 0 aromatic rings. The third kappa shape index (κ3) is 3.30. The summed E-state index contributed by atoms with van der Waals surface area (Å²) in [6.07, 6.45) is 1.64. The minimum atomic E-state index is -0.803. The molecule has 0 bridgehead atoms. The van der Waals surface area contributed by atoms with Crippen LogP contribution in [0.15, 0.2) is 0 Å². The van der Waals surface area contributed by atoms with E-state index in [1.165, 1.54) is 4.90 Å². The van der Waals surface area contributed by atoms with Crippen molar-refractivity contribution in [2.75, 3.05) is 6.61 Å². The number of hydrogen-bond acceptors (Lipinski definition) is 4. The SMILES string of the molecule is CC#CC(OCC#N)N1C(=O)CCCC1C=O. The fourth-order valence-electron chi connectivity index (χ4n) is 1.79. The van der Waals surface area contributed by atoms with Gasteiger partial charge in [-0.25, -0.2) is 0 Å². The first-order valence-corrected chi connectivity index (χ1v) is 5.42. The van der Waals surface area contributed by atoms with E-state index in [1.807, 2.05) is 6.07 Å². The normalized spacial score (nSPS) is 21.1. The first-order chi connectivity index (χ1) is 8.24. The Morgan fingerprint density at radius 2 is 2.47 bits per heavy atom. The zero-order valence-electron chi connectivity index (χ0n) is 9.68. The minimum absolute atomic E-state index is 0.154. The highest BCUT2D eigenvalue weighted by molar-refractivity contribution is 5.81. The molecule has 0 saturated carbocycles. The molecular formula is C12H14N2O3. The quantitative estimate of drug-likeness (QED) is 0.523. The first-order valence-electron chi connectivity index (χ1n) is 5.42. The predicted octanol–water partition coefficient (Wildman–Crippen LogP) is 0.456. The van der Waals surface area contributed by atoms with E-state index in [0.717, 1.165) is 6.29 Å². The highest BCUT2D eigenvalue weighted by atomic mass is 16.5. The van der Waals surface area contributed by atoms with Gasteiger partial charge in [0.15, 0.2) is 6.23 Å². The third-order valence-electron chi connectivity index (χ3n) is 2.52. The van der Waals surface area contributed by atoms with Gasteiger partial charge in [0.05, 0.1) is 12.1 Å². The van der Waals surface area contributed by atoms with Gasteiger partial charge in [-0.2, -0.15) is 5.26 Å². The molecule has 5 nitrogen and oxygen atoms in total. The molecule has 90 valence electrons. The number of carbonyl (C=O) groups excluding carboxylic acids is 2. The summed E-state index contributed by atoms with van der Waals surface area (Å²) in [5.74, 6) is 5.20. The minimum Gasteiger partial charge on any atom is -0.332 e. The highest BCUT2D eigenvalue weighted by Gasteiger charge is 2.33. The van der Waals surface area contributed by atoms with Crippen molar-refractivity contribution in [3.63, 3.8) is 0 Å². The fraction of sp³-hybridized carbons (Fsp3) is 0.583. The van der Waals surface area contributed by atoms with Gasteiger partial charge in [0.1, 0.15) is 12.9 Å². The molecule has 0 aromatic heterocycles.